The maximum Gasteiger partial charge on any atom is 0.222 e. The molecule has 0 spiro atoms. The van der Waals surface area contributed by atoms with E-state index < -0.39 is 5.60 Å². The van der Waals surface area contributed by atoms with Crippen LogP contribution in [0.4, 0.5) is 17.5 Å². The number of nitrogens with one attached hydrogen (secondary N) is 1. The van der Waals surface area contributed by atoms with Crippen molar-refractivity contribution in [3.63, 3.8) is 0 Å². The third-order valence-corrected chi connectivity index (χ3v) is 5.74. The van der Waals surface area contributed by atoms with Crippen LogP contribution in [0.25, 0.3) is 0 Å². The highest BCUT2D eigenvalue weighted by Crippen LogP contribution is 2.33. The minimum absolute atomic E-state index is 0.0472. The van der Waals surface area contributed by atoms with Gasteiger partial charge in [-0.25, -0.2) is 9.97 Å². The van der Waals surface area contributed by atoms with Gasteiger partial charge in [-0.3, -0.25) is 0 Å². The first kappa shape index (κ1) is 21.3. The number of anilines is 3. The zero-order chi connectivity index (χ0) is 21.8. The van der Waals surface area contributed by atoms with Crippen LogP contribution in [-0.4, -0.2) is 39.4 Å². The number of benzene rings is 1. The van der Waals surface area contributed by atoms with Crippen LogP contribution in [0.3, 0.4) is 0 Å². The van der Waals surface area contributed by atoms with Crippen LogP contribution in [0.5, 0.6) is 5.75 Å². The second kappa shape index (κ2) is 9.08. The fourth-order valence-corrected chi connectivity index (χ4v) is 3.69. The summed E-state index contributed by atoms with van der Waals surface area (Å²) in [5.74, 6) is 6.92. The molecule has 1 fully saturated rings. The molecule has 2 aromatic heterocycles. The van der Waals surface area contributed by atoms with Crippen molar-refractivity contribution in [3.8, 4) is 17.6 Å². The predicted octanol–water partition coefficient (Wildman–Crippen LogP) is 3.34. The number of aliphatic hydroxyl groups is 1. The highest BCUT2D eigenvalue weighted by Gasteiger charge is 2.23. The average molecular weight is 458 g/mol. The summed E-state index contributed by atoms with van der Waals surface area (Å²) in [4.78, 5) is 12.2. The molecule has 3 heterocycles. The Kier molecular flexibility index (Phi) is 6.25. The summed E-state index contributed by atoms with van der Waals surface area (Å²) in [5, 5.41) is 16.4. The van der Waals surface area contributed by atoms with Gasteiger partial charge in [-0.05, 0) is 25.1 Å². The molecule has 8 nitrogen and oxygen atoms in total. The van der Waals surface area contributed by atoms with E-state index in [4.69, 9.17) is 26.8 Å². The summed E-state index contributed by atoms with van der Waals surface area (Å²) in [6, 6.07) is 5.42. The van der Waals surface area contributed by atoms with Crippen LogP contribution < -0.4 is 15.8 Å². The number of nitrogens with two attached hydrogens (primary N) is 1. The molecule has 0 saturated carbocycles. The second-order valence-electron chi connectivity index (χ2n) is 7.02. The SMILES string of the molecule is CC(O)(C#Cc1ccc(O[C@@H]2CCOC2)c(Nc2nc(N)ncc2Cl)c1)c1nccs1. The number of nitrogens with zero attached hydrogens (tertiary/aromatic N) is 3. The molecule has 0 aliphatic carbocycles. The molecular weight excluding hydrogens is 438 g/mol. The molecule has 4 rings (SSSR count). The Morgan fingerprint density at radius 2 is 2.29 bits per heavy atom. The van der Waals surface area contributed by atoms with Gasteiger partial charge in [0, 0.05) is 23.6 Å². The van der Waals surface area contributed by atoms with E-state index in [0.29, 0.717) is 46.1 Å². The lowest BCUT2D eigenvalue weighted by molar-refractivity contribution is 0.122. The van der Waals surface area contributed by atoms with E-state index in [1.807, 2.05) is 6.07 Å². The first-order valence-electron chi connectivity index (χ1n) is 9.50. The third kappa shape index (κ3) is 5.24. The summed E-state index contributed by atoms with van der Waals surface area (Å²) in [6.45, 7) is 2.80. The number of aromatic nitrogens is 3. The van der Waals surface area contributed by atoms with E-state index in [1.165, 1.54) is 17.5 Å². The zero-order valence-corrected chi connectivity index (χ0v) is 18.2. The maximum atomic E-state index is 10.6. The monoisotopic (exact) mass is 457 g/mol. The Hall–Kier alpha value is -2.90. The fraction of sp³-hybridized carbons (Fsp3) is 0.286. The van der Waals surface area contributed by atoms with Crippen LogP contribution >= 0.6 is 22.9 Å². The Labute approximate surface area is 188 Å². The Bertz CT molecular complexity index is 1120. The number of thiazole rings is 1. The van der Waals surface area contributed by atoms with E-state index in [1.54, 1.807) is 30.6 Å². The molecule has 1 unspecified atom stereocenters. The van der Waals surface area contributed by atoms with Crippen LogP contribution in [0, 0.1) is 11.8 Å². The van der Waals surface area contributed by atoms with E-state index in [9.17, 15) is 5.11 Å². The molecule has 1 aliphatic heterocycles. The largest absolute Gasteiger partial charge is 0.486 e. The lowest BCUT2D eigenvalue weighted by atomic mass is 10.1. The van der Waals surface area contributed by atoms with Crippen molar-refractivity contribution in [3.05, 3.63) is 51.6 Å². The smallest absolute Gasteiger partial charge is 0.222 e. The van der Waals surface area contributed by atoms with E-state index in [0.717, 1.165) is 6.42 Å². The number of rotatable bonds is 5. The topological polar surface area (TPSA) is 115 Å². The first-order chi connectivity index (χ1) is 14.9. The van der Waals surface area contributed by atoms with Gasteiger partial charge in [0.15, 0.2) is 11.4 Å². The average Bonchev–Trinajstić information content (AvgIpc) is 3.45. The second-order valence-corrected chi connectivity index (χ2v) is 8.33. The minimum Gasteiger partial charge on any atom is -0.486 e. The van der Waals surface area contributed by atoms with Gasteiger partial charge in [0.05, 0.1) is 25.1 Å². The van der Waals surface area contributed by atoms with Crippen LogP contribution in [0.15, 0.2) is 36.0 Å². The molecule has 2 atom stereocenters. The molecular formula is C21H20ClN5O3S. The quantitative estimate of drug-likeness (QED) is 0.499. The van der Waals surface area contributed by atoms with Gasteiger partial charge in [-0.15, -0.1) is 11.3 Å². The van der Waals surface area contributed by atoms with Crippen molar-refractivity contribution in [2.75, 3.05) is 24.3 Å². The van der Waals surface area contributed by atoms with E-state index in [2.05, 4.69) is 32.1 Å². The summed E-state index contributed by atoms with van der Waals surface area (Å²) in [7, 11) is 0. The lowest BCUT2D eigenvalue weighted by Gasteiger charge is -2.17. The number of nitrogen functional groups attached to an aromatic ring is 1. The van der Waals surface area contributed by atoms with Gasteiger partial charge >= 0.3 is 0 Å². The number of ether oxygens (including phenoxy) is 2. The maximum absolute atomic E-state index is 10.6. The number of halogens is 1. The van der Waals surface area contributed by atoms with Gasteiger partial charge < -0.3 is 25.6 Å². The molecule has 1 aromatic carbocycles. The highest BCUT2D eigenvalue weighted by atomic mass is 35.5. The van der Waals surface area contributed by atoms with Crippen molar-refractivity contribution in [1.29, 1.82) is 0 Å². The predicted molar refractivity (Wildman–Crippen MR) is 120 cm³/mol. The van der Waals surface area contributed by atoms with E-state index in [-0.39, 0.29) is 12.1 Å². The fourth-order valence-electron chi connectivity index (χ4n) is 2.90. The molecule has 160 valence electrons. The van der Waals surface area contributed by atoms with Crippen molar-refractivity contribution in [2.45, 2.75) is 25.0 Å². The van der Waals surface area contributed by atoms with Crippen molar-refractivity contribution >= 4 is 40.4 Å². The van der Waals surface area contributed by atoms with Crippen LogP contribution in [0.2, 0.25) is 5.02 Å². The lowest BCUT2D eigenvalue weighted by Crippen LogP contribution is -2.18. The highest BCUT2D eigenvalue weighted by molar-refractivity contribution is 7.09. The third-order valence-electron chi connectivity index (χ3n) is 4.48. The Morgan fingerprint density at radius 3 is 3.03 bits per heavy atom. The van der Waals surface area contributed by atoms with Crippen molar-refractivity contribution < 1.29 is 14.6 Å². The minimum atomic E-state index is -1.36. The van der Waals surface area contributed by atoms with Gasteiger partial charge in [0.1, 0.15) is 21.9 Å². The zero-order valence-electron chi connectivity index (χ0n) is 16.6. The van der Waals surface area contributed by atoms with Gasteiger partial charge in [-0.2, -0.15) is 4.98 Å². The first-order valence-corrected chi connectivity index (χ1v) is 10.8. The Balaban J connectivity index is 1.66. The normalized spacial score (nSPS) is 17.5. The Morgan fingerprint density at radius 1 is 1.42 bits per heavy atom. The van der Waals surface area contributed by atoms with Gasteiger partial charge in [0.2, 0.25) is 5.95 Å². The van der Waals surface area contributed by atoms with Crippen LogP contribution in [-0.2, 0) is 10.3 Å². The summed E-state index contributed by atoms with van der Waals surface area (Å²) in [5.41, 5.74) is 5.60. The van der Waals surface area contributed by atoms with Gasteiger partial charge in [-0.1, -0.05) is 23.4 Å². The standard InChI is InChI=1S/C21H20ClN5O3S/c1-21(28,19-24-7-9-31-19)6-4-13-2-3-17(30-14-5-8-29-12-14)16(10-13)26-18-15(22)11-25-20(23)27-18/h2-3,7,9-11,14,28H,5,8,12H2,1H3,(H3,23,25,26,27)/t14-,21?/m1/s1. The van der Waals surface area contributed by atoms with Crippen molar-refractivity contribution in [2.24, 2.45) is 0 Å². The summed E-state index contributed by atoms with van der Waals surface area (Å²) >= 11 is 7.56. The molecule has 1 aliphatic rings. The molecule has 3 aromatic rings. The van der Waals surface area contributed by atoms with Crippen LogP contribution in [0.1, 0.15) is 23.9 Å². The molecule has 4 N–H and O–H groups in total. The summed E-state index contributed by atoms with van der Waals surface area (Å²) < 4.78 is 11.5. The number of hydrogen-bond acceptors (Lipinski definition) is 9. The molecule has 0 bridgehead atoms. The molecule has 10 heteroatoms. The van der Waals surface area contributed by atoms with Crippen molar-refractivity contribution in [1.82, 2.24) is 15.0 Å². The summed E-state index contributed by atoms with van der Waals surface area (Å²) in [6.07, 6.45) is 3.81. The van der Waals surface area contributed by atoms with Gasteiger partial charge in [0.25, 0.3) is 0 Å². The van der Waals surface area contributed by atoms with E-state index >= 15 is 0 Å². The molecule has 0 amide bonds. The molecule has 0 radical (unpaired) electrons. The molecule has 31 heavy (non-hydrogen) atoms. The molecule has 1 saturated heterocycles. The number of hydrogen-bond donors (Lipinski definition) is 3.